The lowest BCUT2D eigenvalue weighted by Crippen LogP contribution is -2.28. The molecule has 0 unspecified atom stereocenters. The van der Waals surface area contributed by atoms with E-state index >= 15 is 0 Å². The predicted octanol–water partition coefficient (Wildman–Crippen LogP) is 4.15. The fourth-order valence-corrected chi connectivity index (χ4v) is 4.66. The largest absolute Gasteiger partial charge is 0.341 e. The zero-order valence-electron chi connectivity index (χ0n) is 19.5. The molecule has 0 fully saturated rings. The van der Waals surface area contributed by atoms with Gasteiger partial charge in [-0.15, -0.1) is 10.2 Å². The first-order valence-corrected chi connectivity index (χ1v) is 12.1. The van der Waals surface area contributed by atoms with E-state index in [-0.39, 0.29) is 17.2 Å². The highest BCUT2D eigenvalue weighted by atomic mass is 32.2. The summed E-state index contributed by atoms with van der Waals surface area (Å²) >= 11 is 1.34. The minimum atomic E-state index is -0.0586. The molecule has 8 heteroatoms. The number of aromatic nitrogens is 4. The second kappa shape index (κ2) is 9.79. The molecule has 4 aromatic rings. The van der Waals surface area contributed by atoms with Crippen molar-refractivity contribution in [3.63, 3.8) is 0 Å². The van der Waals surface area contributed by atoms with Crippen LogP contribution in [0.25, 0.3) is 16.7 Å². The van der Waals surface area contributed by atoms with Crippen molar-refractivity contribution in [3.8, 4) is 0 Å². The van der Waals surface area contributed by atoms with Crippen LogP contribution in [-0.4, -0.2) is 42.8 Å². The molecule has 172 valence electrons. The Hall–Kier alpha value is -3.13. The van der Waals surface area contributed by atoms with Crippen LogP contribution in [0.4, 0.5) is 0 Å². The Bertz CT molecular complexity index is 1360. The molecule has 0 aliphatic rings. The van der Waals surface area contributed by atoms with Gasteiger partial charge >= 0.3 is 0 Å². The monoisotopic (exact) mass is 463 g/mol. The molecule has 0 saturated carbocycles. The molecule has 7 nitrogen and oxygen atoms in total. The molecule has 0 spiro atoms. The van der Waals surface area contributed by atoms with E-state index in [4.69, 9.17) is 0 Å². The minimum absolute atomic E-state index is 0.0115. The molecule has 1 amide bonds. The van der Waals surface area contributed by atoms with Gasteiger partial charge in [-0.05, 0) is 42.5 Å². The fraction of sp³-hybridized carbons (Fsp3) is 0.360. The number of carbonyl (C=O) groups excluding carboxylic acids is 1. The quantitative estimate of drug-likeness (QED) is 0.367. The van der Waals surface area contributed by atoms with Crippen LogP contribution in [0, 0.1) is 12.8 Å². The predicted molar refractivity (Wildman–Crippen MR) is 133 cm³/mol. The summed E-state index contributed by atoms with van der Waals surface area (Å²) < 4.78 is 3.60. The van der Waals surface area contributed by atoms with Gasteiger partial charge < -0.3 is 4.90 Å². The van der Waals surface area contributed by atoms with E-state index in [9.17, 15) is 9.59 Å². The highest BCUT2D eigenvalue weighted by Crippen LogP contribution is 2.22. The topological polar surface area (TPSA) is 72.5 Å². The molecule has 0 aliphatic carbocycles. The van der Waals surface area contributed by atoms with Crippen molar-refractivity contribution >= 4 is 34.3 Å². The van der Waals surface area contributed by atoms with E-state index in [1.807, 2.05) is 53.9 Å². The van der Waals surface area contributed by atoms with E-state index in [0.717, 1.165) is 17.5 Å². The highest BCUT2D eigenvalue weighted by Gasteiger charge is 2.19. The molecule has 0 radical (unpaired) electrons. The average molecular weight is 464 g/mol. The normalized spacial score (nSPS) is 11.5. The average Bonchev–Trinajstić information content (AvgIpc) is 3.22. The molecule has 0 saturated heterocycles. The third-order valence-electron chi connectivity index (χ3n) is 5.83. The van der Waals surface area contributed by atoms with E-state index in [0.29, 0.717) is 35.3 Å². The first-order valence-electron chi connectivity index (χ1n) is 11.1. The van der Waals surface area contributed by atoms with Crippen LogP contribution in [-0.2, 0) is 17.9 Å². The summed E-state index contributed by atoms with van der Waals surface area (Å²) in [5.41, 5.74) is 2.99. The molecule has 0 aliphatic heterocycles. The van der Waals surface area contributed by atoms with E-state index in [1.165, 1.54) is 17.3 Å². The maximum absolute atomic E-state index is 13.1. The summed E-state index contributed by atoms with van der Waals surface area (Å²) in [6, 6.07) is 15.6. The number of rotatable bonds is 8. The molecule has 4 rings (SSSR count). The van der Waals surface area contributed by atoms with Gasteiger partial charge in [0.1, 0.15) is 0 Å². The van der Waals surface area contributed by atoms with Crippen molar-refractivity contribution in [1.82, 2.24) is 24.1 Å². The maximum Gasteiger partial charge on any atom is 0.262 e. The standard InChI is InChI=1S/C25H29N5O2S/c1-17(2)13-14-29-23(32)20-11-7-8-12-21(20)30-24(29)26-27-25(30)33-16-22(31)28(4)15-19-10-6-5-9-18(19)3/h5-12,17H,13-16H2,1-4H3. The summed E-state index contributed by atoms with van der Waals surface area (Å²) in [6.07, 6.45) is 0.866. The van der Waals surface area contributed by atoms with Gasteiger partial charge in [0.2, 0.25) is 11.7 Å². The van der Waals surface area contributed by atoms with E-state index in [1.54, 1.807) is 9.47 Å². The van der Waals surface area contributed by atoms with Crippen LogP contribution in [0.5, 0.6) is 0 Å². The zero-order valence-corrected chi connectivity index (χ0v) is 20.3. The molecule has 33 heavy (non-hydrogen) atoms. The molecule has 0 N–H and O–H groups in total. The summed E-state index contributed by atoms with van der Waals surface area (Å²) in [6.45, 7) is 7.45. The van der Waals surface area contributed by atoms with Gasteiger partial charge in [-0.25, -0.2) is 0 Å². The van der Waals surface area contributed by atoms with Gasteiger partial charge in [0.05, 0.1) is 16.7 Å². The number of amides is 1. The van der Waals surface area contributed by atoms with Crippen LogP contribution in [0.2, 0.25) is 0 Å². The number of hydrogen-bond acceptors (Lipinski definition) is 5. The SMILES string of the molecule is Cc1ccccc1CN(C)C(=O)CSc1nnc2n(CCC(C)C)c(=O)c3ccccc3n12. The Balaban J connectivity index is 1.61. The number of carbonyl (C=O) groups is 1. The molecule has 0 bridgehead atoms. The molecule has 2 heterocycles. The van der Waals surface area contributed by atoms with E-state index < -0.39 is 0 Å². The molecule has 2 aromatic heterocycles. The second-order valence-electron chi connectivity index (χ2n) is 8.74. The van der Waals surface area contributed by atoms with Gasteiger partial charge in [-0.3, -0.25) is 18.6 Å². The van der Waals surface area contributed by atoms with Gasteiger partial charge in [-0.2, -0.15) is 0 Å². The highest BCUT2D eigenvalue weighted by molar-refractivity contribution is 7.99. The lowest BCUT2D eigenvalue weighted by Gasteiger charge is -2.18. The first kappa shape index (κ1) is 23.0. The van der Waals surface area contributed by atoms with Crippen LogP contribution < -0.4 is 5.56 Å². The van der Waals surface area contributed by atoms with Gasteiger partial charge in [0, 0.05) is 20.1 Å². The fourth-order valence-electron chi connectivity index (χ4n) is 3.78. The smallest absolute Gasteiger partial charge is 0.262 e. The van der Waals surface area contributed by atoms with Crippen LogP contribution in [0.1, 0.15) is 31.4 Å². The Kier molecular flexibility index (Phi) is 6.83. The summed E-state index contributed by atoms with van der Waals surface area (Å²) in [4.78, 5) is 27.7. The van der Waals surface area contributed by atoms with Crippen LogP contribution >= 0.6 is 11.8 Å². The Morgan fingerprint density at radius 1 is 1.09 bits per heavy atom. The summed E-state index contributed by atoms with van der Waals surface area (Å²) in [5, 5.41) is 9.92. The third-order valence-corrected chi connectivity index (χ3v) is 6.74. The Labute approximate surface area is 197 Å². The summed E-state index contributed by atoms with van der Waals surface area (Å²) in [5.74, 6) is 1.23. The van der Waals surface area contributed by atoms with Crippen LogP contribution in [0.3, 0.4) is 0 Å². The second-order valence-corrected chi connectivity index (χ2v) is 9.68. The lowest BCUT2D eigenvalue weighted by molar-refractivity contribution is -0.127. The number of fused-ring (bicyclic) bond motifs is 3. The molecular weight excluding hydrogens is 434 g/mol. The number of hydrogen-bond donors (Lipinski definition) is 0. The minimum Gasteiger partial charge on any atom is -0.341 e. The number of para-hydroxylation sites is 1. The van der Waals surface area contributed by atoms with Crippen LogP contribution in [0.15, 0.2) is 58.5 Å². The third kappa shape index (κ3) is 4.80. The first-order chi connectivity index (χ1) is 15.9. The molecule has 0 atom stereocenters. The zero-order chi connectivity index (χ0) is 23.5. The van der Waals surface area contributed by atoms with Gasteiger partial charge in [0.15, 0.2) is 5.16 Å². The molecular formula is C25H29N5O2S. The van der Waals surface area contributed by atoms with Crippen molar-refractivity contribution in [2.24, 2.45) is 5.92 Å². The maximum atomic E-state index is 13.1. The number of aryl methyl sites for hydroxylation is 2. The van der Waals surface area contributed by atoms with Crippen molar-refractivity contribution in [1.29, 1.82) is 0 Å². The van der Waals surface area contributed by atoms with E-state index in [2.05, 4.69) is 37.0 Å². The lowest BCUT2D eigenvalue weighted by atomic mass is 10.1. The number of nitrogens with zero attached hydrogens (tertiary/aromatic N) is 5. The van der Waals surface area contributed by atoms with Crippen molar-refractivity contribution in [3.05, 3.63) is 70.0 Å². The summed E-state index contributed by atoms with van der Waals surface area (Å²) in [7, 11) is 1.82. The Morgan fingerprint density at radius 2 is 1.82 bits per heavy atom. The van der Waals surface area contributed by atoms with Gasteiger partial charge in [0.25, 0.3) is 5.56 Å². The number of thioether (sulfide) groups is 1. The van der Waals surface area contributed by atoms with Crippen molar-refractivity contribution in [2.45, 2.75) is 45.4 Å². The molecule has 2 aromatic carbocycles. The van der Waals surface area contributed by atoms with Gasteiger partial charge in [-0.1, -0.05) is 62.0 Å². The van der Waals surface area contributed by atoms with Crippen molar-refractivity contribution in [2.75, 3.05) is 12.8 Å². The number of benzene rings is 2. The van der Waals surface area contributed by atoms with Crippen molar-refractivity contribution < 1.29 is 4.79 Å². The Morgan fingerprint density at radius 3 is 2.58 bits per heavy atom.